The second-order valence-corrected chi connectivity index (χ2v) is 10.5. The minimum Gasteiger partial charge on any atom is -0.378 e. The number of aromatic nitrogens is 1. The van der Waals surface area contributed by atoms with E-state index in [2.05, 4.69) is 4.72 Å². The lowest BCUT2D eigenvalue weighted by Crippen LogP contribution is -2.41. The predicted molar refractivity (Wildman–Crippen MR) is 123 cm³/mol. The highest BCUT2D eigenvalue weighted by atomic mass is 32.2. The SMILES string of the molecule is Cc1cccc(CNS(=O)(=O)c2ccc3c(c2)sc(=O)n3CCC(=O)N2CCOCC2)c1. The number of rotatable bonds is 7. The molecule has 1 N–H and O–H groups in total. The zero-order valence-electron chi connectivity index (χ0n) is 17.7. The van der Waals surface area contributed by atoms with Gasteiger partial charge in [-0.2, -0.15) is 0 Å². The van der Waals surface area contributed by atoms with Crippen LogP contribution >= 0.6 is 11.3 Å². The van der Waals surface area contributed by atoms with E-state index in [0.29, 0.717) is 36.5 Å². The minimum atomic E-state index is -3.73. The molecule has 1 fully saturated rings. The van der Waals surface area contributed by atoms with Gasteiger partial charge in [-0.05, 0) is 30.7 Å². The maximum Gasteiger partial charge on any atom is 0.308 e. The summed E-state index contributed by atoms with van der Waals surface area (Å²) in [7, 11) is -3.73. The molecule has 0 atom stereocenters. The van der Waals surface area contributed by atoms with Crippen molar-refractivity contribution in [2.45, 2.75) is 31.3 Å². The number of hydrogen-bond donors (Lipinski definition) is 1. The summed E-state index contributed by atoms with van der Waals surface area (Å²) < 4.78 is 35.5. The molecule has 0 bridgehead atoms. The molecule has 0 aliphatic carbocycles. The second-order valence-electron chi connectivity index (χ2n) is 7.71. The van der Waals surface area contributed by atoms with Crippen LogP contribution in [-0.2, 0) is 32.6 Å². The van der Waals surface area contributed by atoms with E-state index in [4.69, 9.17) is 4.74 Å². The van der Waals surface area contributed by atoms with Gasteiger partial charge in [-0.15, -0.1) is 0 Å². The number of benzene rings is 2. The number of fused-ring (bicyclic) bond motifs is 1. The minimum absolute atomic E-state index is 0.0147. The van der Waals surface area contributed by atoms with E-state index in [0.717, 1.165) is 22.5 Å². The Morgan fingerprint density at radius 1 is 1.16 bits per heavy atom. The van der Waals surface area contributed by atoms with Crippen molar-refractivity contribution in [3.63, 3.8) is 0 Å². The molecule has 2 heterocycles. The first kappa shape index (κ1) is 22.7. The third-order valence-corrected chi connectivity index (χ3v) is 7.75. The molecule has 3 aromatic rings. The molecular formula is C22H25N3O5S2. The van der Waals surface area contributed by atoms with Crippen LogP contribution in [0, 0.1) is 6.92 Å². The molecule has 0 radical (unpaired) electrons. The van der Waals surface area contributed by atoms with Crippen LogP contribution in [0.5, 0.6) is 0 Å². The fraction of sp³-hybridized carbons (Fsp3) is 0.364. The quantitative estimate of drug-likeness (QED) is 0.564. The van der Waals surface area contributed by atoms with Crippen molar-refractivity contribution in [2.24, 2.45) is 0 Å². The standard InChI is InChI=1S/C22H25N3O5S2/c1-16-3-2-4-17(13-16)15-23-32(28,29)18-5-6-19-20(14-18)31-22(27)25(19)8-7-21(26)24-9-11-30-12-10-24/h2-6,13-14,23H,7-12,15H2,1H3. The van der Waals surface area contributed by atoms with E-state index in [9.17, 15) is 18.0 Å². The Morgan fingerprint density at radius 3 is 2.69 bits per heavy atom. The maximum absolute atomic E-state index is 12.8. The monoisotopic (exact) mass is 475 g/mol. The van der Waals surface area contributed by atoms with Crippen LogP contribution in [0.15, 0.2) is 52.2 Å². The van der Waals surface area contributed by atoms with Crippen molar-refractivity contribution in [1.29, 1.82) is 0 Å². The van der Waals surface area contributed by atoms with Crippen molar-refractivity contribution >= 4 is 37.5 Å². The lowest BCUT2D eigenvalue weighted by atomic mass is 10.1. The summed E-state index contributed by atoms with van der Waals surface area (Å²) >= 11 is 0.983. The average molecular weight is 476 g/mol. The predicted octanol–water partition coefficient (Wildman–Crippen LogP) is 2.10. The van der Waals surface area contributed by atoms with Crippen molar-refractivity contribution in [3.05, 3.63) is 63.3 Å². The molecule has 4 rings (SSSR count). The van der Waals surface area contributed by atoms with Gasteiger partial charge in [0.05, 0.1) is 28.3 Å². The number of hydrogen-bond acceptors (Lipinski definition) is 6. The van der Waals surface area contributed by atoms with Crippen molar-refractivity contribution < 1.29 is 17.9 Å². The zero-order valence-corrected chi connectivity index (χ0v) is 19.4. The largest absolute Gasteiger partial charge is 0.378 e. The molecular weight excluding hydrogens is 450 g/mol. The molecule has 10 heteroatoms. The van der Waals surface area contributed by atoms with Crippen LogP contribution in [0.25, 0.3) is 10.2 Å². The van der Waals surface area contributed by atoms with Crippen LogP contribution in [0.3, 0.4) is 0 Å². The summed E-state index contributed by atoms with van der Waals surface area (Å²) in [4.78, 5) is 26.5. The zero-order chi connectivity index (χ0) is 22.7. The van der Waals surface area contributed by atoms with Crippen molar-refractivity contribution in [2.75, 3.05) is 26.3 Å². The highest BCUT2D eigenvalue weighted by Gasteiger charge is 2.19. The van der Waals surface area contributed by atoms with Gasteiger partial charge in [0.1, 0.15) is 0 Å². The molecule has 32 heavy (non-hydrogen) atoms. The number of carbonyl (C=O) groups is 1. The van der Waals surface area contributed by atoms with Gasteiger partial charge in [0.2, 0.25) is 15.9 Å². The molecule has 1 amide bonds. The highest BCUT2D eigenvalue weighted by Crippen LogP contribution is 2.22. The van der Waals surface area contributed by atoms with E-state index in [1.54, 1.807) is 11.0 Å². The Balaban J connectivity index is 1.48. The summed E-state index contributed by atoms with van der Waals surface area (Å²) in [6.45, 7) is 4.58. The number of nitrogens with zero attached hydrogens (tertiary/aromatic N) is 2. The molecule has 8 nitrogen and oxygen atoms in total. The molecule has 1 aliphatic rings. The number of amides is 1. The Hall–Kier alpha value is -2.53. The van der Waals surface area contributed by atoms with Gasteiger partial charge < -0.3 is 9.64 Å². The fourth-order valence-electron chi connectivity index (χ4n) is 3.69. The van der Waals surface area contributed by atoms with E-state index >= 15 is 0 Å². The van der Waals surface area contributed by atoms with Gasteiger partial charge >= 0.3 is 4.87 Å². The normalized spacial score (nSPS) is 14.7. The van der Waals surface area contributed by atoms with E-state index < -0.39 is 10.0 Å². The van der Waals surface area contributed by atoms with Gasteiger partial charge in [0, 0.05) is 32.6 Å². The third-order valence-electron chi connectivity index (χ3n) is 5.41. The van der Waals surface area contributed by atoms with E-state index in [1.807, 2.05) is 31.2 Å². The van der Waals surface area contributed by atoms with Crippen molar-refractivity contribution in [1.82, 2.24) is 14.2 Å². The number of sulfonamides is 1. The second kappa shape index (κ2) is 9.53. The van der Waals surface area contributed by atoms with Crippen LogP contribution in [0.2, 0.25) is 0 Å². The third kappa shape index (κ3) is 5.09. The van der Waals surface area contributed by atoms with E-state index in [-0.39, 0.29) is 35.2 Å². The van der Waals surface area contributed by atoms with Gasteiger partial charge in [-0.1, -0.05) is 41.2 Å². The van der Waals surface area contributed by atoms with Gasteiger partial charge in [0.15, 0.2) is 0 Å². The topological polar surface area (TPSA) is 97.7 Å². The lowest BCUT2D eigenvalue weighted by Gasteiger charge is -2.26. The summed E-state index contributed by atoms with van der Waals surface area (Å²) in [5.41, 5.74) is 2.56. The van der Waals surface area contributed by atoms with Gasteiger partial charge in [-0.25, -0.2) is 13.1 Å². The summed E-state index contributed by atoms with van der Waals surface area (Å²) in [5.74, 6) is -0.0147. The first-order chi connectivity index (χ1) is 15.3. The number of carbonyl (C=O) groups excluding carboxylic acids is 1. The fourth-order valence-corrected chi connectivity index (χ4v) is 5.76. The smallest absolute Gasteiger partial charge is 0.308 e. The highest BCUT2D eigenvalue weighted by molar-refractivity contribution is 7.89. The number of thiazole rings is 1. The number of nitrogens with one attached hydrogen (secondary N) is 1. The Bertz CT molecular complexity index is 1290. The number of morpholine rings is 1. The molecule has 1 saturated heterocycles. The van der Waals surface area contributed by atoms with Crippen LogP contribution in [0.4, 0.5) is 0 Å². The average Bonchev–Trinajstić information content (AvgIpc) is 3.11. The number of ether oxygens (including phenoxy) is 1. The molecule has 1 aliphatic heterocycles. The van der Waals surface area contributed by atoms with Gasteiger partial charge in [0.25, 0.3) is 0 Å². The first-order valence-corrected chi connectivity index (χ1v) is 12.7. The maximum atomic E-state index is 12.8. The van der Waals surface area contributed by atoms with Crippen molar-refractivity contribution in [3.8, 4) is 0 Å². The summed E-state index contributed by atoms with van der Waals surface area (Å²) in [6.07, 6.45) is 0.212. The summed E-state index contributed by atoms with van der Waals surface area (Å²) in [5, 5.41) is 0. The van der Waals surface area contributed by atoms with Crippen LogP contribution in [0.1, 0.15) is 17.5 Å². The lowest BCUT2D eigenvalue weighted by molar-refractivity contribution is -0.135. The molecule has 0 unspecified atom stereocenters. The summed E-state index contributed by atoms with van der Waals surface area (Å²) in [6, 6.07) is 12.3. The molecule has 170 valence electrons. The molecule has 2 aromatic carbocycles. The van der Waals surface area contributed by atoms with Crippen LogP contribution in [-0.4, -0.2) is 50.1 Å². The van der Waals surface area contributed by atoms with Crippen LogP contribution < -0.4 is 9.60 Å². The molecule has 0 saturated carbocycles. The van der Waals surface area contributed by atoms with E-state index in [1.165, 1.54) is 16.7 Å². The molecule has 1 aromatic heterocycles. The Labute approximate surface area is 190 Å². The Morgan fingerprint density at radius 2 is 1.94 bits per heavy atom. The molecule has 0 spiro atoms. The number of aryl methyl sites for hydroxylation is 2. The van der Waals surface area contributed by atoms with Gasteiger partial charge in [-0.3, -0.25) is 14.2 Å². The first-order valence-electron chi connectivity index (χ1n) is 10.4. The Kier molecular flexibility index (Phi) is 6.75.